The van der Waals surface area contributed by atoms with Crippen molar-refractivity contribution >= 4 is 0 Å². The van der Waals surface area contributed by atoms with Crippen molar-refractivity contribution in [3.63, 3.8) is 0 Å². The Balaban J connectivity index is 2.27. The van der Waals surface area contributed by atoms with Gasteiger partial charge in [-0.05, 0) is 46.3 Å². The Labute approximate surface area is 101 Å². The van der Waals surface area contributed by atoms with Gasteiger partial charge < -0.3 is 15.5 Å². The van der Waals surface area contributed by atoms with E-state index in [4.69, 9.17) is 5.73 Å². The molecular formula is C13H29N3. The Bertz CT molecular complexity index is 203. The number of nitrogens with two attached hydrogens (primary N) is 1. The largest absolute Gasteiger partial charge is 0.324 e. The van der Waals surface area contributed by atoms with Gasteiger partial charge in [-0.3, -0.25) is 0 Å². The summed E-state index contributed by atoms with van der Waals surface area (Å²) >= 11 is 0. The summed E-state index contributed by atoms with van der Waals surface area (Å²) in [7, 11) is 4.42. The quantitative estimate of drug-likeness (QED) is 0.744. The molecule has 3 heteroatoms. The van der Waals surface area contributed by atoms with Gasteiger partial charge in [-0.15, -0.1) is 0 Å². The molecule has 16 heavy (non-hydrogen) atoms. The Morgan fingerprint density at radius 2 is 2.19 bits per heavy atom. The monoisotopic (exact) mass is 227 g/mol. The lowest BCUT2D eigenvalue weighted by Crippen LogP contribution is -2.47. The van der Waals surface area contributed by atoms with Crippen LogP contribution >= 0.6 is 0 Å². The average molecular weight is 227 g/mol. The number of likely N-dealkylation sites (N-methyl/N-ethyl adjacent to an activating group) is 1. The molecule has 0 bridgehead atoms. The molecule has 1 rings (SSSR count). The zero-order chi connectivity index (χ0) is 12.2. The first-order valence-electron chi connectivity index (χ1n) is 6.59. The third kappa shape index (κ3) is 4.81. The van der Waals surface area contributed by atoms with Crippen molar-refractivity contribution in [3.8, 4) is 0 Å². The van der Waals surface area contributed by atoms with Crippen LogP contribution in [-0.4, -0.2) is 55.6 Å². The smallest absolute Gasteiger partial charge is 0.0254 e. The van der Waals surface area contributed by atoms with Crippen LogP contribution in [-0.2, 0) is 0 Å². The highest BCUT2D eigenvalue weighted by molar-refractivity contribution is 4.83. The van der Waals surface area contributed by atoms with E-state index in [1.165, 1.54) is 32.5 Å². The summed E-state index contributed by atoms with van der Waals surface area (Å²) < 4.78 is 0. The summed E-state index contributed by atoms with van der Waals surface area (Å²) in [6.45, 7) is 9.10. The lowest BCUT2D eigenvalue weighted by atomic mass is 9.96. The maximum absolute atomic E-state index is 6.28. The first-order chi connectivity index (χ1) is 7.43. The average Bonchev–Trinajstić information content (AvgIpc) is 2.49. The number of nitrogens with zero attached hydrogens (tertiary/aromatic N) is 2. The molecule has 0 aromatic carbocycles. The molecule has 0 radical (unpaired) electrons. The van der Waals surface area contributed by atoms with Crippen molar-refractivity contribution < 1.29 is 0 Å². The zero-order valence-corrected chi connectivity index (χ0v) is 11.5. The molecule has 0 amide bonds. The molecule has 2 N–H and O–H groups in total. The summed E-state index contributed by atoms with van der Waals surface area (Å²) in [6, 6.07) is 0. The van der Waals surface area contributed by atoms with Gasteiger partial charge in [0.1, 0.15) is 0 Å². The summed E-state index contributed by atoms with van der Waals surface area (Å²) in [4.78, 5) is 4.84. The lowest BCUT2D eigenvalue weighted by Gasteiger charge is -2.31. The first kappa shape index (κ1) is 13.9. The van der Waals surface area contributed by atoms with E-state index < -0.39 is 0 Å². The molecule has 96 valence electrons. The molecule has 1 aliphatic heterocycles. The lowest BCUT2D eigenvalue weighted by molar-refractivity contribution is 0.217. The van der Waals surface area contributed by atoms with Gasteiger partial charge in [0, 0.05) is 25.2 Å². The summed E-state index contributed by atoms with van der Waals surface area (Å²) in [5.74, 6) is 0.840. The van der Waals surface area contributed by atoms with Crippen LogP contribution in [0.2, 0.25) is 0 Å². The maximum Gasteiger partial charge on any atom is 0.0254 e. The van der Waals surface area contributed by atoms with Gasteiger partial charge in [-0.25, -0.2) is 0 Å². The minimum absolute atomic E-state index is 0.0198. The van der Waals surface area contributed by atoms with Crippen molar-refractivity contribution in [3.05, 3.63) is 0 Å². The molecule has 0 aliphatic carbocycles. The fourth-order valence-electron chi connectivity index (χ4n) is 2.95. The molecule has 1 fully saturated rings. The number of rotatable bonds is 6. The highest BCUT2D eigenvalue weighted by Crippen LogP contribution is 2.17. The molecule has 2 atom stereocenters. The maximum atomic E-state index is 6.28. The third-order valence-corrected chi connectivity index (χ3v) is 3.51. The summed E-state index contributed by atoms with van der Waals surface area (Å²) in [6.07, 6.45) is 3.63. The van der Waals surface area contributed by atoms with E-state index in [2.05, 4.69) is 37.7 Å². The Morgan fingerprint density at radius 1 is 1.50 bits per heavy atom. The first-order valence-corrected chi connectivity index (χ1v) is 6.59. The van der Waals surface area contributed by atoms with Crippen LogP contribution in [0.25, 0.3) is 0 Å². The number of likely N-dealkylation sites (tertiary alicyclic amines) is 1. The Morgan fingerprint density at radius 3 is 2.69 bits per heavy atom. The van der Waals surface area contributed by atoms with Crippen molar-refractivity contribution in [2.45, 2.75) is 38.6 Å². The second-order valence-corrected chi connectivity index (χ2v) is 6.02. The number of hydrogen-bond donors (Lipinski definition) is 1. The molecule has 0 aromatic heterocycles. The van der Waals surface area contributed by atoms with E-state index in [9.17, 15) is 0 Å². The standard InChI is InChI=1S/C13H29N3/c1-5-7-13(2,14)11-16(4)10-12-6-8-15(3)9-12/h12H,5-11,14H2,1-4H3. The van der Waals surface area contributed by atoms with E-state index in [1.54, 1.807) is 0 Å². The van der Waals surface area contributed by atoms with E-state index in [0.717, 1.165) is 18.9 Å². The van der Waals surface area contributed by atoms with Gasteiger partial charge in [0.2, 0.25) is 0 Å². The molecule has 0 aromatic rings. The minimum Gasteiger partial charge on any atom is -0.324 e. The normalized spacial score (nSPS) is 26.2. The van der Waals surface area contributed by atoms with Crippen LogP contribution < -0.4 is 5.73 Å². The van der Waals surface area contributed by atoms with Crippen molar-refractivity contribution in [1.29, 1.82) is 0 Å². The fraction of sp³-hybridized carbons (Fsp3) is 1.00. The van der Waals surface area contributed by atoms with E-state index in [0.29, 0.717) is 0 Å². The van der Waals surface area contributed by atoms with Gasteiger partial charge in [0.15, 0.2) is 0 Å². The van der Waals surface area contributed by atoms with Gasteiger partial charge >= 0.3 is 0 Å². The van der Waals surface area contributed by atoms with Gasteiger partial charge in [-0.2, -0.15) is 0 Å². The van der Waals surface area contributed by atoms with E-state index in [-0.39, 0.29) is 5.54 Å². The topological polar surface area (TPSA) is 32.5 Å². The predicted octanol–water partition coefficient (Wildman–Crippen LogP) is 1.39. The SMILES string of the molecule is CCCC(C)(N)CN(C)CC1CCN(C)C1. The molecule has 3 nitrogen and oxygen atoms in total. The Kier molecular flexibility index (Phi) is 5.22. The Hall–Kier alpha value is -0.120. The molecule has 0 spiro atoms. The molecular weight excluding hydrogens is 198 g/mol. The highest BCUT2D eigenvalue weighted by Gasteiger charge is 2.24. The molecule has 1 aliphatic rings. The minimum atomic E-state index is -0.0198. The molecule has 1 heterocycles. The van der Waals surface area contributed by atoms with E-state index >= 15 is 0 Å². The van der Waals surface area contributed by atoms with E-state index in [1.807, 2.05) is 0 Å². The number of hydrogen-bond acceptors (Lipinski definition) is 3. The van der Waals surface area contributed by atoms with Crippen molar-refractivity contribution in [2.75, 3.05) is 40.3 Å². The van der Waals surface area contributed by atoms with Crippen LogP contribution in [0, 0.1) is 5.92 Å². The van der Waals surface area contributed by atoms with Crippen molar-refractivity contribution in [2.24, 2.45) is 11.7 Å². The zero-order valence-electron chi connectivity index (χ0n) is 11.5. The van der Waals surface area contributed by atoms with Gasteiger partial charge in [0.05, 0.1) is 0 Å². The third-order valence-electron chi connectivity index (χ3n) is 3.51. The van der Waals surface area contributed by atoms with Crippen molar-refractivity contribution in [1.82, 2.24) is 9.80 Å². The van der Waals surface area contributed by atoms with Crippen LogP contribution in [0.5, 0.6) is 0 Å². The predicted molar refractivity (Wildman–Crippen MR) is 70.6 cm³/mol. The summed E-state index contributed by atoms with van der Waals surface area (Å²) in [5.41, 5.74) is 6.26. The summed E-state index contributed by atoms with van der Waals surface area (Å²) in [5, 5.41) is 0. The van der Waals surface area contributed by atoms with Crippen LogP contribution in [0.1, 0.15) is 33.1 Å². The second-order valence-electron chi connectivity index (χ2n) is 6.02. The van der Waals surface area contributed by atoms with Crippen LogP contribution in [0.15, 0.2) is 0 Å². The van der Waals surface area contributed by atoms with Gasteiger partial charge in [0.25, 0.3) is 0 Å². The highest BCUT2D eigenvalue weighted by atomic mass is 15.2. The molecule has 2 unspecified atom stereocenters. The second kappa shape index (κ2) is 5.99. The molecule has 0 saturated carbocycles. The van der Waals surface area contributed by atoms with Crippen LogP contribution in [0.4, 0.5) is 0 Å². The van der Waals surface area contributed by atoms with Gasteiger partial charge in [-0.1, -0.05) is 13.3 Å². The fourth-order valence-corrected chi connectivity index (χ4v) is 2.95. The molecule has 1 saturated heterocycles. The van der Waals surface area contributed by atoms with Crippen LogP contribution in [0.3, 0.4) is 0 Å².